The van der Waals surface area contributed by atoms with Crippen LogP contribution in [0.2, 0.25) is 0 Å². The van der Waals surface area contributed by atoms with Crippen LogP contribution < -0.4 is 5.43 Å². The fourth-order valence-corrected chi connectivity index (χ4v) is 4.14. The van der Waals surface area contributed by atoms with E-state index in [2.05, 4.69) is 15.1 Å². The summed E-state index contributed by atoms with van der Waals surface area (Å²) < 4.78 is 18.6. The first kappa shape index (κ1) is 20.1. The number of nitrogens with zero attached hydrogens (tertiary/aromatic N) is 3. The van der Waals surface area contributed by atoms with Gasteiger partial charge in [0.1, 0.15) is 11.4 Å². The molecule has 162 valence electrons. The number of fused-ring (bicyclic) bond motifs is 1. The summed E-state index contributed by atoms with van der Waals surface area (Å²) >= 11 is 0. The van der Waals surface area contributed by atoms with Gasteiger partial charge in [0, 0.05) is 35.8 Å². The summed E-state index contributed by atoms with van der Waals surface area (Å²) in [7, 11) is 0. The first-order valence-corrected chi connectivity index (χ1v) is 10.5. The number of carbonyl (C=O) groups excluding carboxylic acids is 1. The number of rotatable bonds is 3. The van der Waals surface area contributed by atoms with E-state index in [1.807, 2.05) is 19.1 Å². The molecule has 2 aromatic carbocycles. The third kappa shape index (κ3) is 3.68. The number of nitrogens with one attached hydrogen (secondary N) is 1. The van der Waals surface area contributed by atoms with Crippen molar-refractivity contribution < 1.29 is 13.7 Å². The Morgan fingerprint density at radius 3 is 2.84 bits per heavy atom. The van der Waals surface area contributed by atoms with Crippen LogP contribution in [0.3, 0.4) is 0 Å². The summed E-state index contributed by atoms with van der Waals surface area (Å²) in [5.41, 5.74) is 2.17. The monoisotopic (exact) mass is 432 g/mol. The van der Waals surface area contributed by atoms with Gasteiger partial charge in [-0.25, -0.2) is 4.39 Å². The van der Waals surface area contributed by atoms with Gasteiger partial charge in [0.2, 0.25) is 17.1 Å². The zero-order valence-electron chi connectivity index (χ0n) is 17.5. The van der Waals surface area contributed by atoms with Crippen molar-refractivity contribution in [1.29, 1.82) is 0 Å². The molecule has 1 aliphatic rings. The average Bonchev–Trinajstić information content (AvgIpc) is 3.30. The Kier molecular flexibility index (Phi) is 5.05. The van der Waals surface area contributed by atoms with E-state index < -0.39 is 0 Å². The lowest BCUT2D eigenvalue weighted by Gasteiger charge is -2.30. The highest BCUT2D eigenvalue weighted by Gasteiger charge is 2.30. The summed E-state index contributed by atoms with van der Waals surface area (Å²) in [6.45, 7) is 2.85. The maximum absolute atomic E-state index is 13.2. The molecule has 0 aliphatic carbocycles. The second kappa shape index (κ2) is 8.03. The van der Waals surface area contributed by atoms with Crippen LogP contribution in [0.4, 0.5) is 4.39 Å². The molecule has 0 spiro atoms. The standard InChI is InChI=1S/C24H21FN4O3/c1-14-4-9-20-18(11-14)21(30)19(12-26-20)24(31)29-10-2-3-16(13-29)23-27-22(28-32-23)15-5-7-17(25)8-6-15/h4-9,11-12,16H,2-3,10,13H2,1H3,(H,26,30). The van der Waals surface area contributed by atoms with E-state index >= 15 is 0 Å². The molecule has 1 amide bonds. The molecule has 0 radical (unpaired) electrons. The van der Waals surface area contributed by atoms with Gasteiger partial charge in [0.05, 0.1) is 5.92 Å². The van der Waals surface area contributed by atoms with Crippen molar-refractivity contribution >= 4 is 16.8 Å². The number of halogens is 1. The molecular formula is C24H21FN4O3. The van der Waals surface area contributed by atoms with Crippen molar-refractivity contribution in [1.82, 2.24) is 20.0 Å². The first-order chi connectivity index (χ1) is 15.5. The molecule has 1 atom stereocenters. The van der Waals surface area contributed by atoms with E-state index in [1.54, 1.807) is 23.1 Å². The Morgan fingerprint density at radius 2 is 2.03 bits per heavy atom. The van der Waals surface area contributed by atoms with Gasteiger partial charge in [-0.3, -0.25) is 9.59 Å². The fraction of sp³-hybridized carbons (Fsp3) is 0.250. The van der Waals surface area contributed by atoms with E-state index in [1.165, 1.54) is 18.3 Å². The number of hydrogen-bond donors (Lipinski definition) is 1. The Morgan fingerprint density at radius 1 is 1.22 bits per heavy atom. The maximum Gasteiger partial charge on any atom is 0.259 e. The fourth-order valence-electron chi connectivity index (χ4n) is 4.14. The molecule has 5 rings (SSSR count). The van der Waals surface area contributed by atoms with Crippen molar-refractivity contribution in [3.63, 3.8) is 0 Å². The number of aromatic nitrogens is 3. The average molecular weight is 432 g/mol. The van der Waals surface area contributed by atoms with Crippen molar-refractivity contribution in [3.8, 4) is 11.4 Å². The van der Waals surface area contributed by atoms with Crippen molar-refractivity contribution in [3.05, 3.63) is 81.7 Å². The number of amides is 1. The largest absolute Gasteiger partial charge is 0.360 e. The minimum atomic E-state index is -0.335. The Bertz CT molecular complexity index is 1360. The summed E-state index contributed by atoms with van der Waals surface area (Å²) in [5, 5.41) is 4.51. The zero-order valence-corrected chi connectivity index (χ0v) is 17.5. The number of piperidine rings is 1. The van der Waals surface area contributed by atoms with Crippen molar-refractivity contribution in [2.75, 3.05) is 13.1 Å². The molecule has 3 heterocycles. The maximum atomic E-state index is 13.2. The van der Waals surface area contributed by atoms with E-state index in [9.17, 15) is 14.0 Å². The van der Waals surface area contributed by atoms with Gasteiger partial charge in [-0.15, -0.1) is 0 Å². The van der Waals surface area contributed by atoms with Gasteiger partial charge < -0.3 is 14.4 Å². The van der Waals surface area contributed by atoms with E-state index in [0.717, 1.165) is 18.4 Å². The second-order valence-corrected chi connectivity index (χ2v) is 8.13. The highest BCUT2D eigenvalue weighted by atomic mass is 19.1. The highest BCUT2D eigenvalue weighted by molar-refractivity contribution is 5.97. The van der Waals surface area contributed by atoms with Gasteiger partial charge in [0.15, 0.2) is 0 Å². The van der Waals surface area contributed by atoms with Crippen LogP contribution in [0.5, 0.6) is 0 Å². The van der Waals surface area contributed by atoms with Crippen LogP contribution >= 0.6 is 0 Å². The van der Waals surface area contributed by atoms with Crippen molar-refractivity contribution in [2.24, 2.45) is 0 Å². The molecule has 1 unspecified atom stereocenters. The van der Waals surface area contributed by atoms with Gasteiger partial charge in [-0.05, 0) is 56.2 Å². The molecular weight excluding hydrogens is 411 g/mol. The van der Waals surface area contributed by atoms with Crippen LogP contribution in [-0.4, -0.2) is 39.0 Å². The molecule has 1 saturated heterocycles. The topological polar surface area (TPSA) is 92.1 Å². The van der Waals surface area contributed by atoms with Gasteiger partial charge in [-0.2, -0.15) is 4.98 Å². The SMILES string of the molecule is Cc1ccc2[nH]cc(C(=O)N3CCCC(c4nc(-c5ccc(F)cc5)no4)C3)c(=O)c2c1. The van der Waals surface area contributed by atoms with Crippen LogP contribution in [0, 0.1) is 12.7 Å². The van der Waals surface area contributed by atoms with Crippen LogP contribution in [0.15, 0.2) is 58.0 Å². The van der Waals surface area contributed by atoms with Crippen LogP contribution in [0.1, 0.15) is 40.6 Å². The molecule has 2 aromatic heterocycles. The van der Waals surface area contributed by atoms with Gasteiger partial charge in [-0.1, -0.05) is 16.8 Å². The third-order valence-corrected chi connectivity index (χ3v) is 5.87. The number of hydrogen-bond acceptors (Lipinski definition) is 5. The quantitative estimate of drug-likeness (QED) is 0.527. The lowest BCUT2D eigenvalue weighted by molar-refractivity contribution is 0.0694. The predicted octanol–water partition coefficient (Wildman–Crippen LogP) is 4.05. The summed E-state index contributed by atoms with van der Waals surface area (Å²) in [6, 6.07) is 11.4. The van der Waals surface area contributed by atoms with Gasteiger partial charge >= 0.3 is 0 Å². The summed E-state index contributed by atoms with van der Waals surface area (Å²) in [4.78, 5) is 35.3. The van der Waals surface area contributed by atoms with Crippen LogP contribution in [0.25, 0.3) is 22.3 Å². The Balaban J connectivity index is 1.38. The molecule has 1 N–H and O–H groups in total. The molecule has 7 nitrogen and oxygen atoms in total. The van der Waals surface area contributed by atoms with Gasteiger partial charge in [0.25, 0.3) is 5.91 Å². The number of carbonyl (C=O) groups is 1. The number of H-pyrrole nitrogens is 1. The highest BCUT2D eigenvalue weighted by Crippen LogP contribution is 2.28. The van der Waals surface area contributed by atoms with Crippen LogP contribution in [-0.2, 0) is 0 Å². The molecule has 8 heteroatoms. The normalized spacial score (nSPS) is 16.4. The second-order valence-electron chi connectivity index (χ2n) is 8.13. The summed E-state index contributed by atoms with van der Waals surface area (Å²) in [6.07, 6.45) is 3.04. The number of aromatic amines is 1. The zero-order chi connectivity index (χ0) is 22.2. The Hall–Kier alpha value is -3.81. The number of likely N-dealkylation sites (tertiary alicyclic amines) is 1. The lowest BCUT2D eigenvalue weighted by atomic mass is 9.97. The smallest absolute Gasteiger partial charge is 0.259 e. The summed E-state index contributed by atoms with van der Waals surface area (Å²) in [5.74, 6) is 0.0428. The Labute approximate surface area is 182 Å². The van der Waals surface area contributed by atoms with E-state index in [4.69, 9.17) is 4.52 Å². The lowest BCUT2D eigenvalue weighted by Crippen LogP contribution is -2.41. The minimum Gasteiger partial charge on any atom is -0.360 e. The van der Waals surface area contributed by atoms with Crippen molar-refractivity contribution in [2.45, 2.75) is 25.7 Å². The number of aryl methyl sites for hydroxylation is 1. The molecule has 32 heavy (non-hydrogen) atoms. The first-order valence-electron chi connectivity index (χ1n) is 10.5. The number of benzene rings is 2. The molecule has 1 fully saturated rings. The van der Waals surface area contributed by atoms with E-state index in [0.29, 0.717) is 41.3 Å². The van der Waals surface area contributed by atoms with E-state index in [-0.39, 0.29) is 28.6 Å². The molecule has 4 aromatic rings. The minimum absolute atomic E-state index is 0.126. The molecule has 0 bridgehead atoms. The number of pyridine rings is 1. The molecule has 0 saturated carbocycles. The third-order valence-electron chi connectivity index (χ3n) is 5.87. The molecule has 1 aliphatic heterocycles. The predicted molar refractivity (Wildman–Crippen MR) is 117 cm³/mol.